The van der Waals surface area contributed by atoms with Crippen molar-refractivity contribution in [3.63, 3.8) is 0 Å². The van der Waals surface area contributed by atoms with Crippen LogP contribution in [0.5, 0.6) is 0 Å². The lowest BCUT2D eigenvalue weighted by Gasteiger charge is -1.98. The van der Waals surface area contributed by atoms with Gasteiger partial charge in [-0.2, -0.15) is 0 Å². The van der Waals surface area contributed by atoms with Gasteiger partial charge in [0.2, 0.25) is 0 Å². The molecule has 1 heterocycles. The molecule has 2 heteroatoms. The van der Waals surface area contributed by atoms with Gasteiger partial charge in [0.15, 0.2) is 0 Å². The molecule has 0 radical (unpaired) electrons. The smallest absolute Gasteiger partial charge is 0.0647 e. The second-order valence-electron chi connectivity index (χ2n) is 2.10. The number of nitrogens with one attached hydrogen (secondary N) is 1. The summed E-state index contributed by atoms with van der Waals surface area (Å²) >= 11 is 0. The first-order valence-corrected chi connectivity index (χ1v) is 3.43. The van der Waals surface area contributed by atoms with Crippen molar-refractivity contribution in [3.05, 3.63) is 12.2 Å². The van der Waals surface area contributed by atoms with Crippen molar-refractivity contribution in [2.45, 2.75) is 6.42 Å². The number of hydrogen-bond acceptors (Lipinski definition) is 2. The van der Waals surface area contributed by atoms with Crippen LogP contribution in [0.2, 0.25) is 0 Å². The maximum absolute atomic E-state index is 5.23. The second kappa shape index (κ2) is 4.53. The molecule has 9 heavy (non-hydrogen) atoms. The second-order valence-corrected chi connectivity index (χ2v) is 2.10. The molecule has 2 nitrogen and oxygen atoms in total. The van der Waals surface area contributed by atoms with Crippen molar-refractivity contribution >= 4 is 0 Å². The van der Waals surface area contributed by atoms with E-state index in [9.17, 15) is 0 Å². The van der Waals surface area contributed by atoms with E-state index in [0.717, 1.165) is 32.7 Å². The van der Waals surface area contributed by atoms with Crippen LogP contribution < -0.4 is 5.32 Å². The highest BCUT2D eigenvalue weighted by atomic mass is 16.5. The van der Waals surface area contributed by atoms with Crippen LogP contribution in [0.4, 0.5) is 0 Å². The molecule has 0 aliphatic carbocycles. The number of rotatable bonds is 0. The summed E-state index contributed by atoms with van der Waals surface area (Å²) in [4.78, 5) is 0. The van der Waals surface area contributed by atoms with Crippen molar-refractivity contribution in [2.75, 3.05) is 26.3 Å². The fourth-order valence-electron chi connectivity index (χ4n) is 0.787. The standard InChI is InChI=1S/C7H13NO/c1-2-6-9-7-3-5-8-4-1/h1-2,8H,3-7H2/b2-1-. The molecule has 1 aliphatic rings. The average Bonchev–Trinajstić information content (AvgIpc) is 2.00. The molecule has 0 saturated carbocycles. The molecule has 1 rings (SSSR count). The zero-order valence-corrected chi connectivity index (χ0v) is 5.60. The highest BCUT2D eigenvalue weighted by molar-refractivity contribution is 4.84. The Bertz CT molecular complexity index is 80.9. The van der Waals surface area contributed by atoms with Crippen molar-refractivity contribution < 1.29 is 4.74 Å². The van der Waals surface area contributed by atoms with E-state index in [1.54, 1.807) is 0 Å². The molecule has 0 aromatic heterocycles. The summed E-state index contributed by atoms with van der Waals surface area (Å²) in [6, 6.07) is 0. The lowest BCUT2D eigenvalue weighted by atomic mass is 10.4. The van der Waals surface area contributed by atoms with Crippen LogP contribution in [0.25, 0.3) is 0 Å². The minimum Gasteiger partial charge on any atom is -0.377 e. The Morgan fingerprint density at radius 1 is 1.33 bits per heavy atom. The monoisotopic (exact) mass is 127 g/mol. The minimum atomic E-state index is 0.779. The number of hydrogen-bond donors (Lipinski definition) is 1. The Hall–Kier alpha value is -0.340. The molecule has 0 unspecified atom stereocenters. The highest BCUT2D eigenvalue weighted by Crippen LogP contribution is 1.85. The predicted molar refractivity (Wildman–Crippen MR) is 37.4 cm³/mol. The molecular formula is C7H13NO. The lowest BCUT2D eigenvalue weighted by molar-refractivity contribution is 0.160. The average molecular weight is 127 g/mol. The third kappa shape index (κ3) is 3.27. The van der Waals surface area contributed by atoms with Crippen molar-refractivity contribution in [2.24, 2.45) is 0 Å². The Labute approximate surface area is 55.9 Å². The first-order valence-electron chi connectivity index (χ1n) is 3.43. The molecule has 1 aliphatic heterocycles. The highest BCUT2D eigenvalue weighted by Gasteiger charge is 1.88. The molecule has 0 fully saturated rings. The minimum absolute atomic E-state index is 0.779. The summed E-state index contributed by atoms with van der Waals surface area (Å²) in [6.07, 6.45) is 5.28. The molecule has 0 bridgehead atoms. The van der Waals surface area contributed by atoms with Gasteiger partial charge in [0.25, 0.3) is 0 Å². The SMILES string of the molecule is C1=C\COCCCNC/1. The van der Waals surface area contributed by atoms with Gasteiger partial charge in [-0.05, 0) is 13.0 Å². The third-order valence-corrected chi connectivity index (χ3v) is 1.29. The third-order valence-electron chi connectivity index (χ3n) is 1.29. The lowest BCUT2D eigenvalue weighted by Crippen LogP contribution is -2.15. The molecular weight excluding hydrogens is 114 g/mol. The zero-order chi connectivity index (χ0) is 6.36. The Morgan fingerprint density at radius 2 is 2.33 bits per heavy atom. The molecule has 0 spiro atoms. The Morgan fingerprint density at radius 3 is 3.33 bits per heavy atom. The zero-order valence-electron chi connectivity index (χ0n) is 5.60. The summed E-state index contributed by atoms with van der Waals surface area (Å²) in [7, 11) is 0. The maximum Gasteiger partial charge on any atom is 0.0647 e. The maximum atomic E-state index is 5.23. The van der Waals surface area contributed by atoms with E-state index in [1.165, 1.54) is 0 Å². The van der Waals surface area contributed by atoms with Crippen LogP contribution in [0.15, 0.2) is 12.2 Å². The van der Waals surface area contributed by atoms with Gasteiger partial charge in [-0.25, -0.2) is 0 Å². The predicted octanol–water partition coefficient (Wildman–Crippen LogP) is 0.552. The van der Waals surface area contributed by atoms with Crippen LogP contribution in [0, 0.1) is 0 Å². The van der Waals surface area contributed by atoms with E-state index in [0.29, 0.717) is 0 Å². The van der Waals surface area contributed by atoms with E-state index in [1.807, 2.05) is 0 Å². The Kier molecular flexibility index (Phi) is 3.41. The summed E-state index contributed by atoms with van der Waals surface area (Å²) in [5, 5.41) is 3.26. The van der Waals surface area contributed by atoms with Crippen LogP contribution in [0.1, 0.15) is 6.42 Å². The van der Waals surface area contributed by atoms with Gasteiger partial charge in [-0.3, -0.25) is 0 Å². The molecule has 0 amide bonds. The van der Waals surface area contributed by atoms with Crippen LogP contribution in [0.3, 0.4) is 0 Å². The van der Waals surface area contributed by atoms with Gasteiger partial charge in [-0.1, -0.05) is 12.2 Å². The van der Waals surface area contributed by atoms with Crippen LogP contribution >= 0.6 is 0 Å². The van der Waals surface area contributed by atoms with Crippen LogP contribution in [-0.4, -0.2) is 26.3 Å². The van der Waals surface area contributed by atoms with E-state index in [2.05, 4.69) is 17.5 Å². The van der Waals surface area contributed by atoms with E-state index < -0.39 is 0 Å². The van der Waals surface area contributed by atoms with E-state index in [-0.39, 0.29) is 0 Å². The van der Waals surface area contributed by atoms with Crippen molar-refractivity contribution in [1.29, 1.82) is 0 Å². The quantitative estimate of drug-likeness (QED) is 0.480. The van der Waals surface area contributed by atoms with Crippen molar-refractivity contribution in [1.82, 2.24) is 5.32 Å². The van der Waals surface area contributed by atoms with E-state index >= 15 is 0 Å². The molecule has 0 atom stereocenters. The van der Waals surface area contributed by atoms with E-state index in [4.69, 9.17) is 4.74 Å². The topological polar surface area (TPSA) is 21.3 Å². The fraction of sp³-hybridized carbons (Fsp3) is 0.714. The molecule has 0 saturated heterocycles. The van der Waals surface area contributed by atoms with Gasteiger partial charge in [0, 0.05) is 13.2 Å². The van der Waals surface area contributed by atoms with Gasteiger partial charge in [-0.15, -0.1) is 0 Å². The fourth-order valence-corrected chi connectivity index (χ4v) is 0.787. The van der Waals surface area contributed by atoms with Crippen LogP contribution in [-0.2, 0) is 4.74 Å². The van der Waals surface area contributed by atoms with Crippen molar-refractivity contribution in [3.8, 4) is 0 Å². The van der Waals surface area contributed by atoms with Gasteiger partial charge in [0.05, 0.1) is 6.61 Å². The number of ether oxygens (including phenoxy) is 1. The summed E-state index contributed by atoms with van der Waals surface area (Å²) in [5.74, 6) is 0. The first-order chi connectivity index (χ1) is 4.50. The Balaban J connectivity index is 2.15. The molecule has 0 aromatic carbocycles. The molecule has 1 N–H and O–H groups in total. The summed E-state index contributed by atoms with van der Waals surface area (Å²) in [6.45, 7) is 3.73. The molecule has 52 valence electrons. The van der Waals surface area contributed by atoms with Gasteiger partial charge in [0.1, 0.15) is 0 Å². The molecule has 0 aromatic rings. The first kappa shape index (κ1) is 6.78. The van der Waals surface area contributed by atoms with Gasteiger partial charge >= 0.3 is 0 Å². The largest absolute Gasteiger partial charge is 0.377 e. The summed E-state index contributed by atoms with van der Waals surface area (Å²) in [5.41, 5.74) is 0. The normalized spacial score (nSPS) is 25.8. The summed E-state index contributed by atoms with van der Waals surface area (Å²) < 4.78 is 5.23. The van der Waals surface area contributed by atoms with Gasteiger partial charge < -0.3 is 10.1 Å².